The molecule has 1 heterocycles. The minimum atomic E-state index is -0.295. The summed E-state index contributed by atoms with van der Waals surface area (Å²) < 4.78 is 0. The van der Waals surface area contributed by atoms with Crippen LogP contribution in [-0.4, -0.2) is 15.3 Å². The first kappa shape index (κ1) is 11.2. The van der Waals surface area contributed by atoms with Crippen molar-refractivity contribution in [2.24, 2.45) is 0 Å². The molecule has 0 aliphatic rings. The van der Waals surface area contributed by atoms with Crippen molar-refractivity contribution >= 4 is 11.6 Å². The molecule has 4 nitrogen and oxygen atoms in total. The van der Waals surface area contributed by atoms with Crippen molar-refractivity contribution in [2.75, 3.05) is 0 Å². The van der Waals surface area contributed by atoms with Crippen LogP contribution in [0, 0.1) is 6.92 Å². The van der Waals surface area contributed by atoms with E-state index in [9.17, 15) is 5.11 Å². The fraction of sp³-hybridized carbons (Fsp3) is 0.444. The van der Waals surface area contributed by atoms with Crippen molar-refractivity contribution in [1.29, 1.82) is 0 Å². The third-order valence-corrected chi connectivity index (χ3v) is 2.43. The zero-order valence-corrected chi connectivity index (χ0v) is 8.60. The Morgan fingerprint density at radius 3 is 2.29 bits per heavy atom. The average molecular weight is 219 g/mol. The molecule has 78 valence electrons. The van der Waals surface area contributed by atoms with Gasteiger partial charge in [0, 0.05) is 18.1 Å². The highest BCUT2D eigenvalue weighted by atomic mass is 35.5. The van der Waals surface area contributed by atoms with Crippen LogP contribution in [0.1, 0.15) is 22.5 Å². The van der Waals surface area contributed by atoms with Crippen LogP contribution in [0.2, 0.25) is 0 Å². The molecule has 0 atom stereocenters. The highest BCUT2D eigenvalue weighted by Crippen LogP contribution is 2.25. The van der Waals surface area contributed by atoms with Crippen LogP contribution >= 0.6 is 11.6 Å². The highest BCUT2D eigenvalue weighted by Gasteiger charge is 2.20. The number of pyridine rings is 1. The summed E-state index contributed by atoms with van der Waals surface area (Å²) in [6.45, 7) is 1.16. The number of nitrogens with one attached hydrogen (secondary N) is 1. The molecule has 0 radical (unpaired) electrons. The maximum atomic E-state index is 9.60. The molecule has 0 aliphatic carbocycles. The van der Waals surface area contributed by atoms with Crippen molar-refractivity contribution in [3.63, 3.8) is 0 Å². The van der Waals surface area contributed by atoms with Gasteiger partial charge in [0.2, 0.25) is 11.4 Å². The lowest BCUT2D eigenvalue weighted by Gasteiger charge is -2.07. The van der Waals surface area contributed by atoms with Crippen LogP contribution in [0.5, 0.6) is 5.75 Å². The van der Waals surface area contributed by atoms with Crippen molar-refractivity contribution in [2.45, 2.75) is 26.0 Å². The van der Waals surface area contributed by atoms with E-state index in [4.69, 9.17) is 21.8 Å². The molecule has 1 rings (SSSR count). The number of hydrogen-bond donors (Lipinski definition) is 3. The molecular formula is C9H13ClNO3+. The Balaban J connectivity index is 3.42. The fourth-order valence-corrected chi connectivity index (χ4v) is 1.70. The monoisotopic (exact) mass is 218 g/mol. The van der Waals surface area contributed by atoms with Crippen LogP contribution in [0.25, 0.3) is 0 Å². The van der Waals surface area contributed by atoms with Gasteiger partial charge in [-0.1, -0.05) is 0 Å². The molecular weight excluding hydrogens is 206 g/mol. The SMILES string of the molecule is Cc1[nH+]c(CO)c(CCl)c(CO)c1O. The number of aliphatic hydroxyl groups is 2. The van der Waals surface area contributed by atoms with E-state index in [0.29, 0.717) is 22.5 Å². The van der Waals surface area contributed by atoms with E-state index in [2.05, 4.69) is 4.98 Å². The number of aryl methyl sites for hydroxylation is 1. The van der Waals surface area contributed by atoms with Crippen molar-refractivity contribution in [3.8, 4) is 5.75 Å². The summed E-state index contributed by atoms with van der Waals surface area (Å²) in [7, 11) is 0. The van der Waals surface area contributed by atoms with Crippen LogP contribution in [0.4, 0.5) is 0 Å². The number of halogens is 1. The van der Waals surface area contributed by atoms with Crippen molar-refractivity contribution < 1.29 is 20.3 Å². The number of aliphatic hydroxyl groups excluding tert-OH is 2. The quantitative estimate of drug-likeness (QED) is 0.637. The molecule has 0 saturated heterocycles. The van der Waals surface area contributed by atoms with Gasteiger partial charge < -0.3 is 15.3 Å². The van der Waals surface area contributed by atoms with Gasteiger partial charge in [0.15, 0.2) is 5.75 Å². The zero-order chi connectivity index (χ0) is 10.7. The lowest BCUT2D eigenvalue weighted by Crippen LogP contribution is -2.20. The summed E-state index contributed by atoms with van der Waals surface area (Å²) in [4.78, 5) is 2.82. The summed E-state index contributed by atoms with van der Waals surface area (Å²) in [5, 5.41) is 27.7. The van der Waals surface area contributed by atoms with Crippen LogP contribution < -0.4 is 4.98 Å². The molecule has 0 bridgehead atoms. The third kappa shape index (κ3) is 1.82. The number of aromatic hydroxyl groups is 1. The Morgan fingerprint density at radius 2 is 1.86 bits per heavy atom. The van der Waals surface area contributed by atoms with E-state index in [1.165, 1.54) is 0 Å². The standard InChI is InChI=1S/C9H12ClNO3/c1-5-9(14)7(3-12)6(2-10)8(4-13)11-5/h12-14H,2-4H2,1H3/p+1. The van der Waals surface area contributed by atoms with E-state index in [1.54, 1.807) is 6.92 Å². The maximum Gasteiger partial charge on any atom is 0.219 e. The molecule has 0 saturated carbocycles. The topological polar surface area (TPSA) is 74.8 Å². The first-order chi connectivity index (χ1) is 6.65. The predicted octanol–water partition coefficient (Wildman–Crippen LogP) is 0.238. The summed E-state index contributed by atoms with van der Waals surface area (Å²) in [6.07, 6.45) is 0. The summed E-state index contributed by atoms with van der Waals surface area (Å²) in [5.74, 6) is 0.135. The smallest absolute Gasteiger partial charge is 0.219 e. The summed E-state index contributed by atoms with van der Waals surface area (Å²) in [5.41, 5.74) is 1.96. The first-order valence-electron chi connectivity index (χ1n) is 4.18. The maximum absolute atomic E-state index is 9.60. The largest absolute Gasteiger partial charge is 0.502 e. The minimum Gasteiger partial charge on any atom is -0.502 e. The first-order valence-corrected chi connectivity index (χ1v) is 4.72. The molecule has 14 heavy (non-hydrogen) atoms. The lowest BCUT2D eigenvalue weighted by atomic mass is 10.1. The Bertz CT molecular complexity index is 341. The molecule has 0 aliphatic heterocycles. The van der Waals surface area contributed by atoms with E-state index >= 15 is 0 Å². The lowest BCUT2D eigenvalue weighted by molar-refractivity contribution is -0.406. The number of H-pyrrole nitrogens is 1. The Morgan fingerprint density at radius 1 is 1.21 bits per heavy atom. The van der Waals surface area contributed by atoms with Crippen LogP contribution in [0.15, 0.2) is 0 Å². The molecule has 0 amide bonds. The van der Waals surface area contributed by atoms with Gasteiger partial charge in [-0.25, -0.2) is 4.98 Å². The van der Waals surface area contributed by atoms with Crippen molar-refractivity contribution in [1.82, 2.24) is 0 Å². The highest BCUT2D eigenvalue weighted by molar-refractivity contribution is 6.17. The van der Waals surface area contributed by atoms with Gasteiger partial charge in [-0.3, -0.25) is 0 Å². The van der Waals surface area contributed by atoms with Gasteiger partial charge in [-0.05, 0) is 0 Å². The Kier molecular flexibility index (Phi) is 3.69. The fourth-order valence-electron chi connectivity index (χ4n) is 1.38. The van der Waals surface area contributed by atoms with Gasteiger partial charge in [-0.2, -0.15) is 0 Å². The average Bonchev–Trinajstić information content (AvgIpc) is 2.20. The van der Waals surface area contributed by atoms with Crippen LogP contribution in [-0.2, 0) is 19.1 Å². The van der Waals surface area contributed by atoms with E-state index in [-0.39, 0.29) is 24.8 Å². The molecule has 0 aromatic carbocycles. The second-order valence-corrected chi connectivity index (χ2v) is 3.25. The predicted molar refractivity (Wildman–Crippen MR) is 50.8 cm³/mol. The molecule has 5 heteroatoms. The molecule has 1 aromatic heterocycles. The zero-order valence-electron chi connectivity index (χ0n) is 7.84. The molecule has 1 aromatic rings. The Hall–Kier alpha value is -0.840. The van der Waals surface area contributed by atoms with Gasteiger partial charge >= 0.3 is 0 Å². The number of aromatic nitrogens is 1. The minimum absolute atomic E-state index is 0.000324. The van der Waals surface area contributed by atoms with Gasteiger partial charge in [0.1, 0.15) is 6.61 Å². The molecule has 0 spiro atoms. The molecule has 0 fully saturated rings. The number of hydrogen-bond acceptors (Lipinski definition) is 3. The summed E-state index contributed by atoms with van der Waals surface area (Å²) in [6, 6.07) is 0. The van der Waals surface area contributed by atoms with Gasteiger partial charge in [0.05, 0.1) is 12.5 Å². The van der Waals surface area contributed by atoms with E-state index in [0.717, 1.165) is 0 Å². The normalized spacial score (nSPS) is 10.6. The van der Waals surface area contributed by atoms with Gasteiger partial charge in [-0.15, -0.1) is 11.6 Å². The van der Waals surface area contributed by atoms with Crippen LogP contribution in [0.3, 0.4) is 0 Å². The van der Waals surface area contributed by atoms with Gasteiger partial charge in [0.25, 0.3) is 0 Å². The molecule has 0 unspecified atom stereocenters. The molecule has 4 N–H and O–H groups in total. The Labute approximate surface area is 86.8 Å². The van der Waals surface area contributed by atoms with Crippen molar-refractivity contribution in [3.05, 3.63) is 22.5 Å². The van der Waals surface area contributed by atoms with E-state index in [1.807, 2.05) is 0 Å². The van der Waals surface area contributed by atoms with E-state index < -0.39 is 0 Å². The summed E-state index contributed by atoms with van der Waals surface area (Å²) >= 11 is 5.67. The number of rotatable bonds is 3. The number of aromatic amines is 1. The number of alkyl halides is 1. The second kappa shape index (κ2) is 4.59. The second-order valence-electron chi connectivity index (χ2n) is 2.98. The third-order valence-electron chi connectivity index (χ3n) is 2.16.